The molecule has 0 saturated heterocycles. The molecule has 0 amide bonds. The Balaban J connectivity index is 2.85. The summed E-state index contributed by atoms with van der Waals surface area (Å²) in [6, 6.07) is 4.04. The number of methoxy groups -OCH3 is 2. The van der Waals surface area contributed by atoms with E-state index in [2.05, 4.69) is 4.74 Å². The Morgan fingerprint density at radius 2 is 2.12 bits per heavy atom. The van der Waals surface area contributed by atoms with Crippen LogP contribution >= 0.6 is 0 Å². The fourth-order valence-corrected chi connectivity index (χ4v) is 1.10. The normalized spacial score (nSPS) is 9.53. The van der Waals surface area contributed by atoms with Crippen LogP contribution in [0, 0.1) is 10.1 Å². The van der Waals surface area contributed by atoms with Crippen LogP contribution in [0.4, 0.5) is 5.69 Å². The molecule has 0 unspecified atom stereocenters. The van der Waals surface area contributed by atoms with Crippen LogP contribution in [0.15, 0.2) is 18.2 Å². The van der Waals surface area contributed by atoms with Gasteiger partial charge in [-0.2, -0.15) is 0 Å². The average molecular weight is 241 g/mol. The van der Waals surface area contributed by atoms with Gasteiger partial charge in [0.15, 0.2) is 12.4 Å². The average Bonchev–Trinajstić information content (AvgIpc) is 2.35. The molecule has 7 heteroatoms. The maximum absolute atomic E-state index is 10.8. The topological polar surface area (TPSA) is 87.9 Å². The predicted octanol–water partition coefficient (Wildman–Crippen LogP) is 1.16. The van der Waals surface area contributed by atoms with E-state index in [0.717, 1.165) is 0 Å². The third-order valence-electron chi connectivity index (χ3n) is 1.93. The second-order valence-corrected chi connectivity index (χ2v) is 2.96. The van der Waals surface area contributed by atoms with Crippen molar-refractivity contribution in [1.82, 2.24) is 0 Å². The van der Waals surface area contributed by atoms with Crippen LogP contribution in [0.5, 0.6) is 11.5 Å². The number of ether oxygens (including phenoxy) is 3. The summed E-state index contributed by atoms with van der Waals surface area (Å²) in [7, 11) is 2.56. The van der Waals surface area contributed by atoms with Gasteiger partial charge in [-0.1, -0.05) is 0 Å². The van der Waals surface area contributed by atoms with Gasteiger partial charge in [0, 0.05) is 0 Å². The molecule has 0 aliphatic heterocycles. The molecule has 0 bridgehead atoms. The summed E-state index contributed by atoms with van der Waals surface area (Å²) in [4.78, 5) is 20.9. The summed E-state index contributed by atoms with van der Waals surface area (Å²) in [5.74, 6) is -0.244. The molecule has 17 heavy (non-hydrogen) atoms. The second kappa shape index (κ2) is 5.69. The van der Waals surface area contributed by atoms with Gasteiger partial charge < -0.3 is 14.2 Å². The van der Waals surface area contributed by atoms with Crippen molar-refractivity contribution in [1.29, 1.82) is 0 Å². The van der Waals surface area contributed by atoms with Crippen molar-refractivity contribution in [2.75, 3.05) is 20.8 Å². The van der Waals surface area contributed by atoms with Gasteiger partial charge in [0.1, 0.15) is 5.75 Å². The Labute approximate surface area is 97.0 Å². The molecule has 1 aromatic rings. The number of hydrogen-bond acceptors (Lipinski definition) is 6. The first-order chi connectivity index (χ1) is 8.08. The van der Waals surface area contributed by atoms with Crippen LogP contribution in [-0.2, 0) is 9.53 Å². The molecule has 0 atom stereocenters. The summed E-state index contributed by atoms with van der Waals surface area (Å²) < 4.78 is 14.2. The quantitative estimate of drug-likeness (QED) is 0.436. The largest absolute Gasteiger partial charge is 0.490 e. The van der Waals surface area contributed by atoms with Crippen molar-refractivity contribution in [2.45, 2.75) is 0 Å². The SMILES string of the molecule is COC(=O)COc1ccc(OC)c([N+](=O)[O-])c1. The predicted molar refractivity (Wildman–Crippen MR) is 57.2 cm³/mol. The van der Waals surface area contributed by atoms with Crippen molar-refractivity contribution in [3.63, 3.8) is 0 Å². The lowest BCUT2D eigenvalue weighted by Crippen LogP contribution is -2.12. The number of nitrogens with zero attached hydrogens (tertiary/aromatic N) is 1. The number of nitro benzene ring substituents is 1. The Hall–Kier alpha value is -2.31. The maximum atomic E-state index is 10.8. The molecule has 0 aromatic heterocycles. The van der Waals surface area contributed by atoms with E-state index in [-0.39, 0.29) is 23.8 Å². The molecular formula is C10H11NO6. The highest BCUT2D eigenvalue weighted by molar-refractivity contribution is 5.71. The molecule has 7 nitrogen and oxygen atoms in total. The van der Waals surface area contributed by atoms with E-state index >= 15 is 0 Å². The van der Waals surface area contributed by atoms with Crippen LogP contribution in [0.2, 0.25) is 0 Å². The van der Waals surface area contributed by atoms with Gasteiger partial charge in [-0.25, -0.2) is 4.79 Å². The number of benzene rings is 1. The molecule has 0 aliphatic rings. The minimum Gasteiger partial charge on any atom is -0.490 e. The van der Waals surface area contributed by atoms with E-state index in [4.69, 9.17) is 9.47 Å². The summed E-state index contributed by atoms with van der Waals surface area (Å²) in [5.41, 5.74) is -0.227. The summed E-state index contributed by atoms with van der Waals surface area (Å²) in [6.07, 6.45) is 0. The first-order valence-corrected chi connectivity index (χ1v) is 4.60. The van der Waals surface area contributed by atoms with Gasteiger partial charge in [0.25, 0.3) is 0 Å². The fraction of sp³-hybridized carbons (Fsp3) is 0.300. The molecule has 1 aromatic carbocycles. The van der Waals surface area contributed by atoms with E-state index in [1.807, 2.05) is 0 Å². The number of esters is 1. The van der Waals surface area contributed by atoms with Gasteiger partial charge >= 0.3 is 11.7 Å². The van der Waals surface area contributed by atoms with Gasteiger partial charge in [0.05, 0.1) is 25.2 Å². The van der Waals surface area contributed by atoms with Crippen molar-refractivity contribution < 1.29 is 23.9 Å². The Morgan fingerprint density at radius 1 is 1.41 bits per heavy atom. The molecular weight excluding hydrogens is 230 g/mol. The number of hydrogen-bond donors (Lipinski definition) is 0. The molecule has 0 fully saturated rings. The minimum atomic E-state index is -0.593. The standard InChI is InChI=1S/C10H11NO6/c1-15-9-4-3-7(5-8(9)11(13)14)17-6-10(12)16-2/h3-5H,6H2,1-2H3. The minimum absolute atomic E-state index is 0.125. The zero-order chi connectivity index (χ0) is 12.8. The van der Waals surface area contributed by atoms with E-state index in [9.17, 15) is 14.9 Å². The molecule has 0 N–H and O–H groups in total. The molecule has 0 saturated carbocycles. The number of rotatable bonds is 5. The van der Waals surface area contributed by atoms with Gasteiger partial charge in [0.2, 0.25) is 0 Å². The number of nitro groups is 1. The monoisotopic (exact) mass is 241 g/mol. The molecule has 0 aliphatic carbocycles. The summed E-state index contributed by atoms with van der Waals surface area (Å²) in [5, 5.41) is 10.7. The van der Waals surface area contributed by atoms with Crippen molar-refractivity contribution in [3.8, 4) is 11.5 Å². The molecule has 1 rings (SSSR count). The van der Waals surface area contributed by atoms with E-state index in [0.29, 0.717) is 0 Å². The highest BCUT2D eigenvalue weighted by Crippen LogP contribution is 2.30. The molecule has 0 radical (unpaired) electrons. The van der Waals surface area contributed by atoms with Crippen LogP contribution in [0.25, 0.3) is 0 Å². The van der Waals surface area contributed by atoms with Crippen molar-refractivity contribution >= 4 is 11.7 Å². The lowest BCUT2D eigenvalue weighted by Gasteiger charge is -2.06. The van der Waals surface area contributed by atoms with Crippen LogP contribution in [-0.4, -0.2) is 31.7 Å². The van der Waals surface area contributed by atoms with Crippen LogP contribution in [0.1, 0.15) is 0 Å². The molecule has 0 spiro atoms. The smallest absolute Gasteiger partial charge is 0.343 e. The van der Waals surface area contributed by atoms with Gasteiger partial charge in [-0.3, -0.25) is 10.1 Å². The zero-order valence-electron chi connectivity index (χ0n) is 9.34. The lowest BCUT2D eigenvalue weighted by molar-refractivity contribution is -0.385. The maximum Gasteiger partial charge on any atom is 0.343 e. The second-order valence-electron chi connectivity index (χ2n) is 2.96. The first-order valence-electron chi connectivity index (χ1n) is 4.60. The third kappa shape index (κ3) is 3.33. The van der Waals surface area contributed by atoms with E-state index < -0.39 is 10.9 Å². The molecule has 92 valence electrons. The van der Waals surface area contributed by atoms with E-state index in [1.165, 1.54) is 32.4 Å². The zero-order valence-corrected chi connectivity index (χ0v) is 9.34. The van der Waals surface area contributed by atoms with E-state index in [1.54, 1.807) is 0 Å². The van der Waals surface area contributed by atoms with Crippen LogP contribution in [0.3, 0.4) is 0 Å². The van der Waals surface area contributed by atoms with Crippen molar-refractivity contribution in [3.05, 3.63) is 28.3 Å². The van der Waals surface area contributed by atoms with Gasteiger partial charge in [-0.05, 0) is 12.1 Å². The summed E-state index contributed by atoms with van der Waals surface area (Å²) in [6.45, 7) is -0.306. The Kier molecular flexibility index (Phi) is 4.27. The highest BCUT2D eigenvalue weighted by atomic mass is 16.6. The van der Waals surface area contributed by atoms with Crippen LogP contribution < -0.4 is 9.47 Å². The number of carbonyl (C=O) groups excluding carboxylic acids is 1. The Bertz CT molecular complexity index is 431. The summed E-state index contributed by atoms with van der Waals surface area (Å²) >= 11 is 0. The first kappa shape index (κ1) is 12.8. The third-order valence-corrected chi connectivity index (χ3v) is 1.93. The van der Waals surface area contributed by atoms with Crippen molar-refractivity contribution in [2.24, 2.45) is 0 Å². The fourth-order valence-electron chi connectivity index (χ4n) is 1.10. The molecule has 0 heterocycles. The van der Waals surface area contributed by atoms with Gasteiger partial charge in [-0.15, -0.1) is 0 Å². The Morgan fingerprint density at radius 3 is 2.65 bits per heavy atom. The number of carbonyl (C=O) groups is 1. The lowest BCUT2D eigenvalue weighted by atomic mass is 10.3. The highest BCUT2D eigenvalue weighted by Gasteiger charge is 2.16.